The van der Waals surface area contributed by atoms with Gasteiger partial charge in [-0.05, 0) is 36.8 Å². The van der Waals surface area contributed by atoms with E-state index in [9.17, 15) is 18.4 Å². The van der Waals surface area contributed by atoms with Crippen LogP contribution >= 0.6 is 11.6 Å². The number of urea groups is 1. The van der Waals surface area contributed by atoms with E-state index in [1.54, 1.807) is 31.2 Å². The number of esters is 1. The summed E-state index contributed by atoms with van der Waals surface area (Å²) in [5.74, 6) is -2.53. The Labute approximate surface area is 177 Å². The highest BCUT2D eigenvalue weighted by molar-refractivity contribution is 6.30. The zero-order chi connectivity index (χ0) is 21.8. The van der Waals surface area contributed by atoms with Crippen LogP contribution in [0.2, 0.25) is 5.02 Å². The molecule has 0 aliphatic carbocycles. The third-order valence-electron chi connectivity index (χ3n) is 4.51. The molecule has 0 bridgehead atoms. The number of likely N-dealkylation sites (N-methyl/N-ethyl adjacent to an activating group) is 1. The fraction of sp³-hybridized carbons (Fsp3) is 0.238. The maximum Gasteiger partial charge on any atom is 0.338 e. The third kappa shape index (κ3) is 4.54. The number of rotatable bonds is 6. The number of benzene rings is 2. The fourth-order valence-corrected chi connectivity index (χ4v) is 3.25. The zero-order valence-electron chi connectivity index (χ0n) is 16.2. The molecule has 2 aromatic rings. The number of nitrogens with zero attached hydrogens (tertiary/aromatic N) is 1. The van der Waals surface area contributed by atoms with Crippen molar-refractivity contribution in [1.82, 2.24) is 10.2 Å². The van der Waals surface area contributed by atoms with Gasteiger partial charge in [0.2, 0.25) is 0 Å². The minimum Gasteiger partial charge on any atom is -0.484 e. The summed E-state index contributed by atoms with van der Waals surface area (Å²) in [4.78, 5) is 26.5. The highest BCUT2D eigenvalue weighted by Crippen LogP contribution is 2.32. The molecule has 9 heteroatoms. The van der Waals surface area contributed by atoms with Crippen molar-refractivity contribution in [2.24, 2.45) is 0 Å². The third-order valence-corrected chi connectivity index (χ3v) is 4.75. The maximum atomic E-state index is 14.0. The quantitative estimate of drug-likeness (QED) is 0.689. The van der Waals surface area contributed by atoms with E-state index in [2.05, 4.69) is 5.32 Å². The molecular formula is C21H19ClF2N2O4. The second-order valence-electron chi connectivity index (χ2n) is 6.44. The Balaban J connectivity index is 2.04. The van der Waals surface area contributed by atoms with Gasteiger partial charge in [-0.15, -0.1) is 0 Å². The number of carbonyl (C=O) groups is 2. The molecule has 1 aliphatic heterocycles. The van der Waals surface area contributed by atoms with Crippen molar-refractivity contribution in [2.45, 2.75) is 13.0 Å². The molecule has 0 saturated heterocycles. The lowest BCUT2D eigenvalue weighted by Gasteiger charge is -2.34. The number of nitrogens with one attached hydrogen (secondary N) is 1. The van der Waals surface area contributed by atoms with Crippen LogP contribution in [-0.2, 0) is 9.53 Å². The van der Waals surface area contributed by atoms with Crippen LogP contribution in [0, 0.1) is 11.6 Å². The van der Waals surface area contributed by atoms with E-state index in [1.165, 1.54) is 11.9 Å². The molecule has 0 unspecified atom stereocenters. The first-order chi connectivity index (χ1) is 14.3. The van der Waals surface area contributed by atoms with Crippen molar-refractivity contribution >= 4 is 23.6 Å². The molecule has 6 nitrogen and oxygen atoms in total. The number of amides is 2. The summed E-state index contributed by atoms with van der Waals surface area (Å²) in [7, 11) is 1.45. The van der Waals surface area contributed by atoms with Crippen LogP contribution in [0.25, 0.3) is 0 Å². The minimum atomic E-state index is -0.900. The van der Waals surface area contributed by atoms with Crippen molar-refractivity contribution in [3.8, 4) is 5.75 Å². The molecule has 158 valence electrons. The molecule has 0 radical (unpaired) electrons. The van der Waals surface area contributed by atoms with Crippen LogP contribution in [-0.4, -0.2) is 37.2 Å². The first-order valence-electron chi connectivity index (χ1n) is 9.09. The van der Waals surface area contributed by atoms with Gasteiger partial charge in [0, 0.05) is 18.1 Å². The van der Waals surface area contributed by atoms with Crippen molar-refractivity contribution < 1.29 is 27.8 Å². The SMILES string of the molecule is CCOC(=O)C1=C(COc2ccc(F)cc2F)N(C)C(=O)N[C@@H]1c1cccc(Cl)c1. The molecule has 0 aromatic heterocycles. The lowest BCUT2D eigenvalue weighted by molar-refractivity contribution is -0.139. The van der Waals surface area contributed by atoms with Gasteiger partial charge in [-0.3, -0.25) is 4.90 Å². The molecule has 2 amide bonds. The van der Waals surface area contributed by atoms with Crippen molar-refractivity contribution in [3.05, 3.63) is 76.0 Å². The van der Waals surface area contributed by atoms with Crippen molar-refractivity contribution in [2.75, 3.05) is 20.3 Å². The Bertz CT molecular complexity index is 1010. The summed E-state index contributed by atoms with van der Waals surface area (Å²) in [6.45, 7) is 1.45. The Morgan fingerprint density at radius 2 is 2.00 bits per heavy atom. The Morgan fingerprint density at radius 3 is 2.67 bits per heavy atom. The highest BCUT2D eigenvalue weighted by Gasteiger charge is 2.37. The van der Waals surface area contributed by atoms with Crippen molar-refractivity contribution in [3.63, 3.8) is 0 Å². The molecule has 1 heterocycles. The molecule has 0 saturated carbocycles. The number of ether oxygens (including phenoxy) is 2. The summed E-state index contributed by atoms with van der Waals surface area (Å²) >= 11 is 6.07. The summed E-state index contributed by atoms with van der Waals surface area (Å²) in [5, 5.41) is 3.16. The number of halogens is 3. The molecule has 3 rings (SSSR count). The molecule has 1 atom stereocenters. The minimum absolute atomic E-state index is 0.114. The highest BCUT2D eigenvalue weighted by atomic mass is 35.5. The van der Waals surface area contributed by atoms with Gasteiger partial charge in [0.1, 0.15) is 12.4 Å². The van der Waals surface area contributed by atoms with Gasteiger partial charge in [0.25, 0.3) is 0 Å². The summed E-state index contributed by atoms with van der Waals surface area (Å²) in [5.41, 5.74) is 0.882. The number of hydrogen-bond donors (Lipinski definition) is 1. The zero-order valence-corrected chi connectivity index (χ0v) is 17.0. The van der Waals surface area contributed by atoms with Gasteiger partial charge >= 0.3 is 12.0 Å². The Morgan fingerprint density at radius 1 is 1.23 bits per heavy atom. The van der Waals surface area contributed by atoms with Crippen LogP contribution in [0.5, 0.6) is 5.75 Å². The molecule has 2 aromatic carbocycles. The van der Waals surface area contributed by atoms with E-state index < -0.39 is 29.7 Å². The molecule has 0 spiro atoms. The fourth-order valence-electron chi connectivity index (χ4n) is 3.06. The lowest BCUT2D eigenvalue weighted by Crippen LogP contribution is -2.48. The van der Waals surface area contributed by atoms with Gasteiger partial charge in [0.15, 0.2) is 11.6 Å². The smallest absolute Gasteiger partial charge is 0.338 e. The first kappa shape index (κ1) is 21.6. The standard InChI is InChI=1S/C21H19ClF2N2O4/c1-3-29-20(27)18-16(11-30-17-8-7-14(23)10-15(17)24)26(2)21(28)25-19(18)12-5-4-6-13(22)9-12/h4-10,19H,3,11H2,1-2H3,(H,25,28)/t19-/m1/s1. The number of carbonyl (C=O) groups excluding carboxylic acids is 2. The van der Waals surface area contributed by atoms with Crippen LogP contribution < -0.4 is 10.1 Å². The average Bonchev–Trinajstić information content (AvgIpc) is 2.70. The van der Waals surface area contributed by atoms with Crippen LogP contribution in [0.1, 0.15) is 18.5 Å². The number of hydrogen-bond acceptors (Lipinski definition) is 4. The average molecular weight is 437 g/mol. The van der Waals surface area contributed by atoms with E-state index in [4.69, 9.17) is 21.1 Å². The van der Waals surface area contributed by atoms with E-state index in [-0.39, 0.29) is 30.2 Å². The van der Waals surface area contributed by atoms with Crippen LogP contribution in [0.4, 0.5) is 13.6 Å². The topological polar surface area (TPSA) is 67.9 Å². The summed E-state index contributed by atoms with van der Waals surface area (Å²) in [6, 6.07) is 8.20. The lowest BCUT2D eigenvalue weighted by atomic mass is 9.95. The normalized spacial score (nSPS) is 16.4. The molecule has 30 heavy (non-hydrogen) atoms. The molecular weight excluding hydrogens is 418 g/mol. The van der Waals surface area contributed by atoms with E-state index in [0.717, 1.165) is 12.1 Å². The molecule has 1 aliphatic rings. The van der Waals surface area contributed by atoms with Gasteiger partial charge in [-0.2, -0.15) is 0 Å². The van der Waals surface area contributed by atoms with E-state index in [1.807, 2.05) is 0 Å². The summed E-state index contributed by atoms with van der Waals surface area (Å²) < 4.78 is 37.7. The van der Waals surface area contributed by atoms with Gasteiger partial charge < -0.3 is 14.8 Å². The van der Waals surface area contributed by atoms with E-state index in [0.29, 0.717) is 16.7 Å². The second-order valence-corrected chi connectivity index (χ2v) is 6.88. The second kappa shape index (κ2) is 9.13. The van der Waals surface area contributed by atoms with Crippen molar-refractivity contribution in [1.29, 1.82) is 0 Å². The van der Waals surface area contributed by atoms with Gasteiger partial charge in [-0.1, -0.05) is 23.7 Å². The van der Waals surface area contributed by atoms with Crippen LogP contribution in [0.3, 0.4) is 0 Å². The summed E-state index contributed by atoms with van der Waals surface area (Å²) in [6.07, 6.45) is 0. The van der Waals surface area contributed by atoms with Gasteiger partial charge in [-0.25, -0.2) is 18.4 Å². The molecule has 0 fully saturated rings. The predicted molar refractivity (Wildman–Crippen MR) is 106 cm³/mol. The Kier molecular flexibility index (Phi) is 6.56. The monoisotopic (exact) mass is 436 g/mol. The largest absolute Gasteiger partial charge is 0.484 e. The molecule has 1 N–H and O–H groups in total. The maximum absolute atomic E-state index is 14.0. The first-order valence-corrected chi connectivity index (χ1v) is 9.47. The van der Waals surface area contributed by atoms with E-state index >= 15 is 0 Å². The Hall–Kier alpha value is -3.13. The van der Waals surface area contributed by atoms with Gasteiger partial charge in [0.05, 0.1) is 23.9 Å². The van der Waals surface area contributed by atoms with Crippen LogP contribution in [0.15, 0.2) is 53.7 Å². The predicted octanol–water partition coefficient (Wildman–Crippen LogP) is 4.21.